The van der Waals surface area contributed by atoms with Crippen molar-refractivity contribution >= 4 is 23.4 Å². The molecule has 0 aliphatic rings. The van der Waals surface area contributed by atoms with Crippen molar-refractivity contribution in [3.05, 3.63) is 54.4 Å². The van der Waals surface area contributed by atoms with Crippen molar-refractivity contribution < 1.29 is 9.53 Å². The van der Waals surface area contributed by atoms with Crippen molar-refractivity contribution in [1.29, 1.82) is 0 Å². The van der Waals surface area contributed by atoms with Gasteiger partial charge in [-0.05, 0) is 35.9 Å². The summed E-state index contributed by atoms with van der Waals surface area (Å²) in [6.07, 6.45) is 3.00. The van der Waals surface area contributed by atoms with Gasteiger partial charge in [0.05, 0.1) is 0 Å². The van der Waals surface area contributed by atoms with Crippen molar-refractivity contribution in [3.8, 4) is 0 Å². The van der Waals surface area contributed by atoms with Gasteiger partial charge in [-0.1, -0.05) is 6.07 Å². The fourth-order valence-electron chi connectivity index (χ4n) is 1.82. The Labute approximate surface area is 134 Å². The third kappa shape index (κ3) is 4.84. The summed E-state index contributed by atoms with van der Waals surface area (Å²) in [6.45, 7) is 0.154. The molecule has 0 aliphatic heterocycles. The third-order valence-corrected chi connectivity index (χ3v) is 4.12. The zero-order valence-electron chi connectivity index (χ0n) is 12.4. The lowest BCUT2D eigenvalue weighted by Gasteiger charge is -2.13. The quantitative estimate of drug-likeness (QED) is 0.766. The number of methoxy groups -OCH3 is 1. The van der Waals surface area contributed by atoms with Crippen LogP contribution in [0.5, 0.6) is 0 Å². The first-order valence-electron chi connectivity index (χ1n) is 6.88. The predicted octanol–water partition coefficient (Wildman–Crippen LogP) is 2.29. The molecule has 1 heterocycles. The number of nitrogens with two attached hydrogens (primary N) is 1. The average molecular weight is 317 g/mol. The van der Waals surface area contributed by atoms with Gasteiger partial charge in [0.1, 0.15) is 6.10 Å². The number of ether oxygens (including phenoxy) is 1. The minimum atomic E-state index is -0.625. The molecule has 1 amide bonds. The lowest BCUT2D eigenvalue weighted by Crippen LogP contribution is -2.35. The Balaban J connectivity index is 1.89. The molecule has 1 aromatic heterocycles. The lowest BCUT2D eigenvalue weighted by molar-refractivity contribution is -0.125. The summed E-state index contributed by atoms with van der Waals surface area (Å²) in [5.74, 6) is 0.624. The largest absolute Gasteiger partial charge is 0.370 e. The highest BCUT2D eigenvalue weighted by atomic mass is 32.2. The molecule has 3 N–H and O–H groups in total. The zero-order chi connectivity index (χ0) is 15.8. The first-order chi connectivity index (χ1) is 10.7. The highest BCUT2D eigenvalue weighted by Gasteiger charge is 2.15. The van der Waals surface area contributed by atoms with Crippen LogP contribution in [0.3, 0.4) is 0 Å². The van der Waals surface area contributed by atoms with E-state index >= 15 is 0 Å². The maximum atomic E-state index is 11.8. The van der Waals surface area contributed by atoms with Gasteiger partial charge in [0, 0.05) is 42.4 Å². The van der Waals surface area contributed by atoms with E-state index in [0.29, 0.717) is 0 Å². The first kappa shape index (κ1) is 16.5. The van der Waals surface area contributed by atoms with Crippen molar-refractivity contribution in [3.63, 3.8) is 0 Å². The Morgan fingerprint density at radius 3 is 2.73 bits per heavy atom. The molecule has 6 heteroatoms. The number of rotatable bonds is 7. The van der Waals surface area contributed by atoms with Crippen molar-refractivity contribution in [2.45, 2.75) is 16.8 Å². The summed E-state index contributed by atoms with van der Waals surface area (Å²) >= 11 is 1.72. The second kappa shape index (κ2) is 8.53. The van der Waals surface area contributed by atoms with Crippen molar-refractivity contribution in [2.24, 2.45) is 5.73 Å². The van der Waals surface area contributed by atoms with Crippen molar-refractivity contribution in [2.75, 3.05) is 19.0 Å². The predicted molar refractivity (Wildman–Crippen MR) is 88.7 cm³/mol. The number of carbonyl (C=O) groups excluding carboxylic acids is 1. The van der Waals surface area contributed by atoms with Crippen LogP contribution in [-0.4, -0.2) is 30.6 Å². The van der Waals surface area contributed by atoms with E-state index < -0.39 is 6.10 Å². The smallest absolute Gasteiger partial charge is 0.254 e. The van der Waals surface area contributed by atoms with Gasteiger partial charge >= 0.3 is 0 Å². The number of carbonyl (C=O) groups is 1. The maximum Gasteiger partial charge on any atom is 0.254 e. The third-order valence-electron chi connectivity index (χ3n) is 3.04. The average Bonchev–Trinajstić information content (AvgIpc) is 2.56. The van der Waals surface area contributed by atoms with E-state index in [-0.39, 0.29) is 12.5 Å². The van der Waals surface area contributed by atoms with Crippen LogP contribution in [0.2, 0.25) is 0 Å². The molecule has 0 bridgehead atoms. The number of hydrogen-bond donors (Lipinski definition) is 2. The molecule has 116 valence electrons. The summed E-state index contributed by atoms with van der Waals surface area (Å²) in [5.41, 5.74) is 7.37. The Kier molecular flexibility index (Phi) is 6.39. The van der Waals surface area contributed by atoms with E-state index in [1.165, 1.54) is 12.7 Å². The molecule has 22 heavy (non-hydrogen) atoms. The molecular weight excluding hydrogens is 298 g/mol. The molecular formula is C16H19N3O2S. The van der Waals surface area contributed by atoms with E-state index in [4.69, 9.17) is 10.5 Å². The van der Waals surface area contributed by atoms with E-state index in [2.05, 4.69) is 10.3 Å². The van der Waals surface area contributed by atoms with Crippen LogP contribution in [0.1, 0.15) is 5.56 Å². The number of aromatic nitrogens is 1. The minimum absolute atomic E-state index is 0.154. The highest BCUT2D eigenvalue weighted by molar-refractivity contribution is 7.98. The van der Waals surface area contributed by atoms with Gasteiger partial charge in [-0.2, -0.15) is 0 Å². The summed E-state index contributed by atoms with van der Waals surface area (Å²) in [6, 6.07) is 11.7. The van der Waals surface area contributed by atoms with Crippen LogP contribution in [-0.2, 0) is 15.3 Å². The number of nitrogens with one attached hydrogen (secondary N) is 1. The van der Waals surface area contributed by atoms with E-state index in [1.807, 2.05) is 42.6 Å². The van der Waals surface area contributed by atoms with Crippen LogP contribution < -0.4 is 11.1 Å². The Morgan fingerprint density at radius 1 is 1.36 bits per heavy atom. The highest BCUT2D eigenvalue weighted by Crippen LogP contribution is 2.23. The topological polar surface area (TPSA) is 77.2 Å². The Morgan fingerprint density at radius 2 is 2.14 bits per heavy atom. The SMILES string of the molecule is COC(CN)C(=O)Nc1ccc(SCc2cccnc2)cc1. The molecule has 1 aromatic carbocycles. The molecule has 5 nitrogen and oxygen atoms in total. The van der Waals surface area contributed by atoms with E-state index in [1.54, 1.807) is 18.0 Å². The minimum Gasteiger partial charge on any atom is -0.370 e. The van der Waals surface area contributed by atoms with Crippen LogP contribution in [0.15, 0.2) is 53.7 Å². The fraction of sp³-hybridized carbons (Fsp3) is 0.250. The number of hydrogen-bond acceptors (Lipinski definition) is 5. The van der Waals surface area contributed by atoms with Crippen LogP contribution in [0.4, 0.5) is 5.69 Å². The lowest BCUT2D eigenvalue weighted by atomic mass is 10.3. The molecule has 1 unspecified atom stereocenters. The summed E-state index contributed by atoms with van der Waals surface area (Å²) in [4.78, 5) is 17.1. The van der Waals surface area contributed by atoms with Gasteiger partial charge in [-0.15, -0.1) is 11.8 Å². The molecule has 0 spiro atoms. The Hall–Kier alpha value is -1.89. The molecule has 0 saturated carbocycles. The van der Waals surface area contributed by atoms with Crippen LogP contribution in [0, 0.1) is 0 Å². The number of nitrogens with zero attached hydrogens (tertiary/aromatic N) is 1. The second-order valence-corrected chi connectivity index (χ2v) is 5.67. The zero-order valence-corrected chi connectivity index (χ0v) is 13.2. The van der Waals surface area contributed by atoms with Gasteiger partial charge in [0.25, 0.3) is 5.91 Å². The van der Waals surface area contributed by atoms with Crippen molar-refractivity contribution in [1.82, 2.24) is 4.98 Å². The molecule has 0 fully saturated rings. The van der Waals surface area contributed by atoms with Gasteiger partial charge in [0.15, 0.2) is 0 Å². The molecule has 0 saturated heterocycles. The van der Waals surface area contributed by atoms with Gasteiger partial charge in [-0.25, -0.2) is 0 Å². The second-order valence-electron chi connectivity index (χ2n) is 4.62. The van der Waals surface area contributed by atoms with Crippen LogP contribution in [0.25, 0.3) is 0 Å². The number of amides is 1. The number of thioether (sulfide) groups is 1. The number of anilines is 1. The van der Waals surface area contributed by atoms with Crippen LogP contribution >= 0.6 is 11.8 Å². The molecule has 0 radical (unpaired) electrons. The maximum absolute atomic E-state index is 11.8. The standard InChI is InChI=1S/C16H19N3O2S/c1-21-15(9-17)16(20)19-13-4-6-14(7-5-13)22-11-12-3-2-8-18-10-12/h2-8,10,15H,9,11,17H2,1H3,(H,19,20). The van der Waals surface area contributed by atoms with Gasteiger partial charge in [0.2, 0.25) is 0 Å². The summed E-state index contributed by atoms with van der Waals surface area (Å²) in [5, 5.41) is 2.78. The van der Waals surface area contributed by atoms with E-state index in [0.717, 1.165) is 16.3 Å². The molecule has 2 rings (SSSR count). The normalized spacial score (nSPS) is 11.9. The number of pyridine rings is 1. The fourth-order valence-corrected chi connectivity index (χ4v) is 2.65. The van der Waals surface area contributed by atoms with E-state index in [9.17, 15) is 4.79 Å². The summed E-state index contributed by atoms with van der Waals surface area (Å²) < 4.78 is 5.00. The molecule has 0 aliphatic carbocycles. The molecule has 1 atom stereocenters. The Bertz CT molecular complexity index is 586. The summed E-state index contributed by atoms with van der Waals surface area (Å²) in [7, 11) is 1.47. The number of benzene rings is 1. The molecule has 2 aromatic rings. The monoisotopic (exact) mass is 317 g/mol. The van der Waals surface area contributed by atoms with Gasteiger partial charge < -0.3 is 15.8 Å². The first-order valence-corrected chi connectivity index (χ1v) is 7.87. The van der Waals surface area contributed by atoms with Gasteiger partial charge in [-0.3, -0.25) is 9.78 Å².